The van der Waals surface area contributed by atoms with Gasteiger partial charge in [0, 0.05) is 54.1 Å². The Hall–Kier alpha value is -3.65. The van der Waals surface area contributed by atoms with Crippen LogP contribution in [0, 0.1) is 11.6 Å². The maximum Gasteiger partial charge on any atom is 0.163 e. The number of anilines is 1. The highest BCUT2D eigenvalue weighted by Crippen LogP contribution is 2.39. The number of ether oxygens (including phenoxy) is 1. The molecular formula is C27H27F2N5O. The molecule has 0 radical (unpaired) electrons. The zero-order valence-electron chi connectivity index (χ0n) is 20.0. The molecule has 0 aliphatic carbocycles. The predicted octanol–water partition coefficient (Wildman–Crippen LogP) is 5.18. The Bertz CT molecular complexity index is 1360. The van der Waals surface area contributed by atoms with Crippen LogP contribution in [0.3, 0.4) is 0 Å². The summed E-state index contributed by atoms with van der Waals surface area (Å²) in [4.78, 5) is 18.6. The third-order valence-corrected chi connectivity index (χ3v) is 6.35. The van der Waals surface area contributed by atoms with E-state index in [1.165, 1.54) is 12.1 Å². The number of pyridine rings is 1. The van der Waals surface area contributed by atoms with Crippen LogP contribution in [0.15, 0.2) is 54.9 Å². The lowest BCUT2D eigenvalue weighted by Crippen LogP contribution is -2.38. The van der Waals surface area contributed by atoms with Crippen molar-refractivity contribution in [3.63, 3.8) is 0 Å². The van der Waals surface area contributed by atoms with Gasteiger partial charge in [-0.2, -0.15) is 0 Å². The molecule has 4 aromatic rings. The standard InChI is InChI=1S/C27H27F2N5O/c1-33(2)16-20-7-5-11-34(20)27-22-12-18(21-9-8-19(28)14-23(21)29)13-24(35-3)25(22)31-26(32-27)17-6-4-10-30-15-17/h4,6,8-10,12-15,20H,5,7,11,16H2,1-3H3. The molecular weight excluding hydrogens is 448 g/mol. The van der Waals surface area contributed by atoms with E-state index >= 15 is 0 Å². The Balaban J connectivity index is 1.77. The van der Waals surface area contributed by atoms with E-state index in [0.29, 0.717) is 28.2 Å². The lowest BCUT2D eigenvalue weighted by molar-refractivity contribution is 0.371. The van der Waals surface area contributed by atoms with Gasteiger partial charge in [0.1, 0.15) is 28.7 Å². The molecule has 1 aliphatic heterocycles. The summed E-state index contributed by atoms with van der Waals surface area (Å²) in [5.41, 5.74) is 2.31. The average molecular weight is 476 g/mol. The molecule has 0 N–H and O–H groups in total. The van der Waals surface area contributed by atoms with Gasteiger partial charge in [-0.3, -0.25) is 4.98 Å². The Morgan fingerprint density at radius 1 is 1.09 bits per heavy atom. The summed E-state index contributed by atoms with van der Waals surface area (Å²) >= 11 is 0. The zero-order chi connectivity index (χ0) is 24.5. The van der Waals surface area contributed by atoms with Crippen LogP contribution in [0.5, 0.6) is 5.75 Å². The van der Waals surface area contributed by atoms with E-state index in [4.69, 9.17) is 14.7 Å². The second kappa shape index (κ2) is 9.54. The number of aromatic nitrogens is 3. The average Bonchev–Trinajstić information content (AvgIpc) is 3.30. The Kier molecular flexibility index (Phi) is 6.30. The van der Waals surface area contributed by atoms with Gasteiger partial charge in [-0.25, -0.2) is 18.7 Å². The van der Waals surface area contributed by atoms with E-state index in [2.05, 4.69) is 28.9 Å². The van der Waals surface area contributed by atoms with Gasteiger partial charge in [-0.1, -0.05) is 0 Å². The maximum absolute atomic E-state index is 14.7. The molecule has 6 nitrogen and oxygen atoms in total. The highest BCUT2D eigenvalue weighted by Gasteiger charge is 2.29. The van der Waals surface area contributed by atoms with Crippen LogP contribution >= 0.6 is 0 Å². The van der Waals surface area contributed by atoms with E-state index < -0.39 is 11.6 Å². The van der Waals surface area contributed by atoms with Gasteiger partial charge in [0.2, 0.25) is 0 Å². The normalized spacial score (nSPS) is 15.8. The van der Waals surface area contributed by atoms with E-state index in [0.717, 1.165) is 48.8 Å². The van der Waals surface area contributed by atoms with Crippen molar-refractivity contribution >= 4 is 16.7 Å². The molecule has 8 heteroatoms. The molecule has 1 atom stereocenters. The van der Waals surface area contributed by atoms with Crippen molar-refractivity contribution in [2.45, 2.75) is 18.9 Å². The van der Waals surface area contributed by atoms with Crippen molar-refractivity contribution in [2.24, 2.45) is 0 Å². The lowest BCUT2D eigenvalue weighted by atomic mass is 10.0. The van der Waals surface area contributed by atoms with Crippen LogP contribution in [0.4, 0.5) is 14.6 Å². The van der Waals surface area contributed by atoms with Crippen LogP contribution < -0.4 is 9.64 Å². The van der Waals surface area contributed by atoms with Crippen molar-refractivity contribution < 1.29 is 13.5 Å². The topological polar surface area (TPSA) is 54.4 Å². The highest BCUT2D eigenvalue weighted by atomic mass is 19.1. The number of benzene rings is 2. The fourth-order valence-electron chi connectivity index (χ4n) is 4.79. The molecule has 0 amide bonds. The molecule has 5 rings (SSSR count). The second-order valence-electron chi connectivity index (χ2n) is 9.06. The number of hydrogen-bond acceptors (Lipinski definition) is 6. The third-order valence-electron chi connectivity index (χ3n) is 6.35. The molecule has 35 heavy (non-hydrogen) atoms. The number of hydrogen-bond donors (Lipinski definition) is 0. The molecule has 0 saturated carbocycles. The first-order chi connectivity index (χ1) is 16.9. The summed E-state index contributed by atoms with van der Waals surface area (Å²) in [6.45, 7) is 1.74. The second-order valence-corrected chi connectivity index (χ2v) is 9.06. The monoisotopic (exact) mass is 475 g/mol. The molecule has 1 unspecified atom stereocenters. The zero-order valence-corrected chi connectivity index (χ0v) is 20.0. The Labute approximate surface area is 203 Å². The van der Waals surface area contributed by atoms with Crippen LogP contribution in [-0.4, -0.2) is 60.2 Å². The number of likely N-dealkylation sites (N-methyl/N-ethyl adjacent to an activating group) is 1. The molecule has 0 bridgehead atoms. The molecule has 1 fully saturated rings. The smallest absolute Gasteiger partial charge is 0.163 e. The van der Waals surface area contributed by atoms with Crippen LogP contribution in [-0.2, 0) is 0 Å². The van der Waals surface area contributed by atoms with Crippen LogP contribution in [0.2, 0.25) is 0 Å². The Morgan fingerprint density at radius 2 is 1.94 bits per heavy atom. The number of methoxy groups -OCH3 is 1. The van der Waals surface area contributed by atoms with Gasteiger partial charge < -0.3 is 14.5 Å². The fourth-order valence-corrected chi connectivity index (χ4v) is 4.79. The van der Waals surface area contributed by atoms with Gasteiger partial charge >= 0.3 is 0 Å². The van der Waals surface area contributed by atoms with Gasteiger partial charge in [-0.15, -0.1) is 0 Å². The maximum atomic E-state index is 14.7. The molecule has 1 aliphatic rings. The first kappa shape index (κ1) is 23.1. The van der Waals surface area contributed by atoms with Crippen molar-refractivity contribution in [1.29, 1.82) is 0 Å². The largest absolute Gasteiger partial charge is 0.494 e. The minimum Gasteiger partial charge on any atom is -0.494 e. The van der Waals surface area contributed by atoms with E-state index in [9.17, 15) is 8.78 Å². The number of halogens is 2. The summed E-state index contributed by atoms with van der Waals surface area (Å²) in [6, 6.07) is 11.3. The van der Waals surface area contributed by atoms with Gasteiger partial charge in [-0.05, 0) is 68.9 Å². The van der Waals surface area contributed by atoms with E-state index in [1.807, 2.05) is 18.2 Å². The number of rotatable bonds is 6. The van der Waals surface area contributed by atoms with Crippen molar-refractivity contribution in [3.05, 3.63) is 66.5 Å². The summed E-state index contributed by atoms with van der Waals surface area (Å²) in [7, 11) is 5.69. The molecule has 180 valence electrons. The first-order valence-corrected chi connectivity index (χ1v) is 11.6. The fraction of sp³-hybridized carbons (Fsp3) is 0.296. The van der Waals surface area contributed by atoms with Gasteiger partial charge in [0.15, 0.2) is 5.82 Å². The summed E-state index contributed by atoms with van der Waals surface area (Å²) < 4.78 is 34.0. The molecule has 2 aromatic heterocycles. The molecule has 2 aromatic carbocycles. The minimum atomic E-state index is -0.632. The van der Waals surface area contributed by atoms with E-state index in [-0.39, 0.29) is 6.04 Å². The summed E-state index contributed by atoms with van der Waals surface area (Å²) in [5.74, 6) is 0.578. The SMILES string of the molecule is COc1cc(-c2ccc(F)cc2F)cc2c(N3CCCC3CN(C)C)nc(-c3cccnc3)nc12. The number of nitrogens with zero attached hydrogens (tertiary/aromatic N) is 5. The van der Waals surface area contributed by atoms with Crippen molar-refractivity contribution in [2.75, 3.05) is 39.2 Å². The van der Waals surface area contributed by atoms with Gasteiger partial charge in [0.25, 0.3) is 0 Å². The number of fused-ring (bicyclic) bond motifs is 1. The molecule has 1 saturated heterocycles. The molecule has 3 heterocycles. The minimum absolute atomic E-state index is 0.280. The van der Waals surface area contributed by atoms with E-state index in [1.54, 1.807) is 25.6 Å². The van der Waals surface area contributed by atoms with Crippen molar-refractivity contribution in [3.8, 4) is 28.3 Å². The van der Waals surface area contributed by atoms with Crippen LogP contribution in [0.25, 0.3) is 33.4 Å². The lowest BCUT2D eigenvalue weighted by Gasteiger charge is -2.29. The third kappa shape index (κ3) is 4.53. The summed E-state index contributed by atoms with van der Waals surface area (Å²) in [6.07, 6.45) is 5.55. The van der Waals surface area contributed by atoms with Crippen LogP contribution in [0.1, 0.15) is 12.8 Å². The van der Waals surface area contributed by atoms with Crippen molar-refractivity contribution in [1.82, 2.24) is 19.9 Å². The highest BCUT2D eigenvalue weighted by molar-refractivity contribution is 5.98. The first-order valence-electron chi connectivity index (χ1n) is 11.6. The predicted molar refractivity (Wildman–Crippen MR) is 134 cm³/mol. The quantitative estimate of drug-likeness (QED) is 0.383. The summed E-state index contributed by atoms with van der Waals surface area (Å²) in [5, 5.41) is 0.765. The molecule has 0 spiro atoms. The Morgan fingerprint density at radius 3 is 2.66 bits per heavy atom. The van der Waals surface area contributed by atoms with Gasteiger partial charge in [0.05, 0.1) is 7.11 Å².